The van der Waals surface area contributed by atoms with Crippen LogP contribution >= 0.6 is 7.26 Å². The second kappa shape index (κ2) is 22.0. The molecule has 0 aliphatic rings. The molecule has 26 heavy (non-hydrogen) atoms. The molecule has 0 aliphatic carbocycles. The summed E-state index contributed by atoms with van der Waals surface area (Å²) in [5.74, 6) is 0. The third-order valence-electron chi connectivity index (χ3n) is 5.94. The first-order valence-corrected chi connectivity index (χ1v) is 14.6. The van der Waals surface area contributed by atoms with Gasteiger partial charge in [-0.25, -0.2) is 0 Å². The molecule has 0 aromatic heterocycles. The minimum absolute atomic E-state index is 0. The first kappa shape index (κ1) is 28.9. The molecule has 0 radical (unpaired) electrons. The van der Waals surface area contributed by atoms with Crippen LogP contribution in [0.4, 0.5) is 0 Å². The second-order valence-corrected chi connectivity index (χ2v) is 13.0. The lowest BCUT2D eigenvalue weighted by Gasteiger charge is -2.28. The quantitative estimate of drug-likeness (QED) is 0.164. The largest absolute Gasteiger partial charge is 1.00 e. The molecule has 0 aromatic carbocycles. The van der Waals surface area contributed by atoms with Gasteiger partial charge in [-0.3, -0.25) is 0 Å². The van der Waals surface area contributed by atoms with Crippen LogP contribution in [0.2, 0.25) is 0 Å². The zero-order valence-electron chi connectivity index (χ0n) is 19.0. The van der Waals surface area contributed by atoms with E-state index < -0.39 is 7.26 Å². The molecule has 0 spiro atoms. The fourth-order valence-electron chi connectivity index (χ4n) is 4.17. The van der Waals surface area contributed by atoms with Crippen LogP contribution in [0.15, 0.2) is 0 Å². The van der Waals surface area contributed by atoms with Crippen LogP contribution in [0.3, 0.4) is 0 Å². The summed E-state index contributed by atoms with van der Waals surface area (Å²) in [6.45, 7) is 9.42. The van der Waals surface area contributed by atoms with E-state index in [1.165, 1.54) is 96.3 Å². The minimum atomic E-state index is -0.647. The first-order chi connectivity index (χ1) is 12.2. The minimum Gasteiger partial charge on any atom is -1.00 e. The van der Waals surface area contributed by atoms with Gasteiger partial charge in [-0.2, -0.15) is 0 Å². The van der Waals surface area contributed by atoms with Crippen LogP contribution in [-0.2, 0) is 0 Å². The average Bonchev–Trinajstić information content (AvgIpc) is 2.61. The highest BCUT2D eigenvalue weighted by molar-refractivity contribution is 7.75. The van der Waals surface area contributed by atoms with Gasteiger partial charge in [-0.05, 0) is 32.1 Å². The van der Waals surface area contributed by atoms with Crippen LogP contribution in [-0.4, -0.2) is 24.6 Å². The Morgan fingerprint density at radius 3 is 0.923 bits per heavy atom. The van der Waals surface area contributed by atoms with E-state index in [4.69, 9.17) is 0 Å². The number of hydrogen-bond donors (Lipinski definition) is 0. The van der Waals surface area contributed by atoms with Crippen LogP contribution in [0.25, 0.3) is 0 Å². The van der Waals surface area contributed by atoms with Crippen LogP contribution in [0, 0.1) is 0 Å². The van der Waals surface area contributed by atoms with Crippen molar-refractivity contribution in [3.63, 3.8) is 0 Å². The molecular weight excluding hydrogens is 355 g/mol. The van der Waals surface area contributed by atoms with Crippen molar-refractivity contribution in [2.24, 2.45) is 0 Å². The zero-order valence-corrected chi connectivity index (χ0v) is 20.6. The van der Waals surface area contributed by atoms with Crippen molar-refractivity contribution in [1.29, 1.82) is 0 Å². The highest BCUT2D eigenvalue weighted by Crippen LogP contribution is 2.61. The lowest BCUT2D eigenvalue weighted by Crippen LogP contribution is -3.00. The van der Waals surface area contributed by atoms with Crippen molar-refractivity contribution in [1.82, 2.24) is 0 Å². The van der Waals surface area contributed by atoms with E-state index in [2.05, 4.69) is 27.7 Å². The Bertz CT molecular complexity index is 228. The Hall–Kier alpha value is 0.720. The smallest absolute Gasteiger partial charge is 0.0594 e. The summed E-state index contributed by atoms with van der Waals surface area (Å²) in [5, 5.41) is 0. The molecule has 2 heteroatoms. The highest BCUT2D eigenvalue weighted by atomic mass is 35.5. The summed E-state index contributed by atoms with van der Waals surface area (Å²) in [6.07, 6.45) is 30.0. The molecule has 0 amide bonds. The van der Waals surface area contributed by atoms with E-state index in [-0.39, 0.29) is 12.4 Å². The van der Waals surface area contributed by atoms with Gasteiger partial charge in [0, 0.05) is 7.26 Å². The second-order valence-electron chi connectivity index (χ2n) is 8.48. The lowest BCUT2D eigenvalue weighted by atomic mass is 10.1. The maximum absolute atomic E-state index is 2.37. The normalized spacial score (nSPS) is 11.5. The van der Waals surface area contributed by atoms with Crippen molar-refractivity contribution in [2.75, 3.05) is 24.6 Å². The average molecular weight is 407 g/mol. The van der Waals surface area contributed by atoms with E-state index in [9.17, 15) is 0 Å². The summed E-state index contributed by atoms with van der Waals surface area (Å²) in [6, 6.07) is 0. The molecular formula is C24H52ClP. The molecule has 0 fully saturated rings. The fourth-order valence-corrected chi connectivity index (χ4v) is 9.09. The molecule has 0 aliphatic heterocycles. The Kier molecular flexibility index (Phi) is 24.5. The SMILES string of the molecule is CCCCCCCCC[P+](CCCCC)(CCCCC)CCCCC.[Cl-]. The Morgan fingerprint density at radius 2 is 0.577 bits per heavy atom. The predicted molar refractivity (Wildman–Crippen MR) is 123 cm³/mol. The molecule has 0 N–H and O–H groups in total. The van der Waals surface area contributed by atoms with Gasteiger partial charge in [0.25, 0.3) is 0 Å². The molecule has 0 atom stereocenters. The van der Waals surface area contributed by atoms with Gasteiger partial charge < -0.3 is 12.4 Å². The van der Waals surface area contributed by atoms with Crippen molar-refractivity contribution in [3.8, 4) is 0 Å². The fraction of sp³-hybridized carbons (Fsp3) is 1.00. The molecule has 0 rings (SSSR count). The van der Waals surface area contributed by atoms with E-state index >= 15 is 0 Å². The molecule has 0 unspecified atom stereocenters. The molecule has 0 bridgehead atoms. The summed E-state index contributed by atoms with van der Waals surface area (Å²) in [7, 11) is -0.647. The first-order valence-electron chi connectivity index (χ1n) is 12.1. The number of halogens is 1. The molecule has 0 nitrogen and oxygen atoms in total. The summed E-state index contributed by atoms with van der Waals surface area (Å²) < 4.78 is 0. The number of rotatable bonds is 20. The maximum atomic E-state index is 2.37. The van der Waals surface area contributed by atoms with E-state index in [0.717, 1.165) is 0 Å². The topological polar surface area (TPSA) is 0 Å². The van der Waals surface area contributed by atoms with Crippen molar-refractivity contribution < 1.29 is 12.4 Å². The summed E-state index contributed by atoms with van der Waals surface area (Å²) in [5.41, 5.74) is 0. The van der Waals surface area contributed by atoms with Gasteiger partial charge in [0.1, 0.15) is 0 Å². The molecule has 0 heterocycles. The maximum Gasteiger partial charge on any atom is 0.0594 e. The Morgan fingerprint density at radius 1 is 0.346 bits per heavy atom. The number of unbranched alkanes of at least 4 members (excludes halogenated alkanes) is 12. The van der Waals surface area contributed by atoms with Crippen LogP contribution in [0.5, 0.6) is 0 Å². The predicted octanol–water partition coefficient (Wildman–Crippen LogP) is 6.33. The van der Waals surface area contributed by atoms with Crippen molar-refractivity contribution >= 4 is 7.26 Å². The molecule has 160 valence electrons. The van der Waals surface area contributed by atoms with Gasteiger partial charge in [-0.1, -0.05) is 98.3 Å². The van der Waals surface area contributed by atoms with Gasteiger partial charge in [0.15, 0.2) is 0 Å². The third kappa shape index (κ3) is 16.9. The van der Waals surface area contributed by atoms with Crippen molar-refractivity contribution in [3.05, 3.63) is 0 Å². The summed E-state index contributed by atoms with van der Waals surface area (Å²) >= 11 is 0. The van der Waals surface area contributed by atoms with Gasteiger partial charge in [0.05, 0.1) is 24.6 Å². The van der Waals surface area contributed by atoms with E-state index in [0.29, 0.717) is 0 Å². The lowest BCUT2D eigenvalue weighted by molar-refractivity contribution is -0.00000580. The molecule has 0 saturated heterocycles. The molecule has 0 saturated carbocycles. The Labute approximate surface area is 174 Å². The standard InChI is InChI=1S/C24H52P.ClH/c1-5-9-13-14-15-16-20-24-25(21-17-10-6-2,22-18-11-7-3)23-19-12-8-4;/h5-24H2,1-4H3;1H/q+1;/p-1. The zero-order chi connectivity index (χ0) is 18.6. The van der Waals surface area contributed by atoms with Crippen molar-refractivity contribution in [2.45, 2.75) is 130 Å². The van der Waals surface area contributed by atoms with Crippen LogP contribution in [0.1, 0.15) is 130 Å². The van der Waals surface area contributed by atoms with Gasteiger partial charge >= 0.3 is 0 Å². The number of hydrogen-bond acceptors (Lipinski definition) is 0. The monoisotopic (exact) mass is 406 g/mol. The van der Waals surface area contributed by atoms with Gasteiger partial charge in [-0.15, -0.1) is 0 Å². The summed E-state index contributed by atoms with van der Waals surface area (Å²) in [4.78, 5) is 0. The van der Waals surface area contributed by atoms with Crippen LogP contribution < -0.4 is 12.4 Å². The van der Waals surface area contributed by atoms with E-state index in [1.807, 2.05) is 0 Å². The molecule has 0 aromatic rings. The third-order valence-corrected chi connectivity index (χ3v) is 11.0. The van der Waals surface area contributed by atoms with Gasteiger partial charge in [0.2, 0.25) is 0 Å². The Balaban J connectivity index is 0. The highest BCUT2D eigenvalue weighted by Gasteiger charge is 2.34. The van der Waals surface area contributed by atoms with E-state index in [1.54, 1.807) is 31.1 Å².